The topological polar surface area (TPSA) is 59.8 Å². The molecule has 0 spiro atoms. The maximum atomic E-state index is 13.3. The lowest BCUT2D eigenvalue weighted by atomic mass is 10.1. The van der Waals surface area contributed by atoms with Gasteiger partial charge in [-0.15, -0.1) is 11.3 Å². The number of rotatable bonds is 5. The second-order valence-corrected chi connectivity index (χ2v) is 10.1. The van der Waals surface area contributed by atoms with E-state index in [1.165, 1.54) is 22.7 Å². The van der Waals surface area contributed by atoms with Crippen molar-refractivity contribution in [2.45, 2.75) is 6.92 Å². The van der Waals surface area contributed by atoms with Gasteiger partial charge in [0, 0.05) is 10.9 Å². The molecule has 5 nitrogen and oxygen atoms in total. The number of hydrogen-bond donors (Lipinski definition) is 1. The van der Waals surface area contributed by atoms with E-state index < -0.39 is 0 Å². The number of amides is 1. The minimum atomic E-state index is -0.168. The van der Waals surface area contributed by atoms with Gasteiger partial charge in [0.2, 0.25) is 0 Å². The van der Waals surface area contributed by atoms with Crippen LogP contribution in [0.2, 0.25) is 0 Å². The third kappa shape index (κ3) is 4.05. The molecule has 0 fully saturated rings. The summed E-state index contributed by atoms with van der Waals surface area (Å²) in [4.78, 5) is 20.7. The molecule has 0 bridgehead atoms. The SMILES string of the molecule is Cc1nn(-c2ccccc2)c2sc(C(=O)Nc3nc(-c4ccccc4)c(-c4ccccc4)s3)cc12. The molecule has 6 aromatic rings. The molecule has 3 aromatic carbocycles. The van der Waals surface area contributed by atoms with Gasteiger partial charge in [-0.3, -0.25) is 10.1 Å². The third-order valence-corrected chi connectivity index (χ3v) is 7.83. The highest BCUT2D eigenvalue weighted by Crippen LogP contribution is 2.39. The second kappa shape index (κ2) is 8.94. The number of aryl methyl sites for hydroxylation is 1. The van der Waals surface area contributed by atoms with E-state index in [0.29, 0.717) is 10.0 Å². The van der Waals surface area contributed by atoms with Crippen molar-refractivity contribution in [3.63, 3.8) is 0 Å². The number of carbonyl (C=O) groups excluding carboxylic acids is 1. The van der Waals surface area contributed by atoms with Crippen molar-refractivity contribution in [3.05, 3.63) is 108 Å². The maximum Gasteiger partial charge on any atom is 0.267 e. The monoisotopic (exact) mass is 492 g/mol. The summed E-state index contributed by atoms with van der Waals surface area (Å²) in [7, 11) is 0. The van der Waals surface area contributed by atoms with Crippen molar-refractivity contribution >= 4 is 43.9 Å². The molecular weight excluding hydrogens is 472 g/mol. The van der Waals surface area contributed by atoms with Crippen LogP contribution < -0.4 is 5.32 Å². The number of carbonyl (C=O) groups is 1. The smallest absolute Gasteiger partial charge is 0.267 e. The highest BCUT2D eigenvalue weighted by molar-refractivity contribution is 7.21. The summed E-state index contributed by atoms with van der Waals surface area (Å²) < 4.78 is 1.90. The van der Waals surface area contributed by atoms with Crippen LogP contribution in [0.1, 0.15) is 15.4 Å². The highest BCUT2D eigenvalue weighted by Gasteiger charge is 2.20. The molecule has 0 unspecified atom stereocenters. The lowest BCUT2D eigenvalue weighted by molar-refractivity contribution is 0.103. The Morgan fingerprint density at radius 2 is 1.46 bits per heavy atom. The molecule has 1 N–H and O–H groups in total. The standard InChI is InChI=1S/C28H20N4OS2/c1-18-22-17-23(34-27(22)32(31-18)21-15-9-4-10-16-21)26(33)30-28-29-24(19-11-5-2-6-12-19)25(35-28)20-13-7-3-8-14-20/h2-17H,1H3,(H,29,30,33). The lowest BCUT2D eigenvalue weighted by Gasteiger charge is -2.02. The van der Waals surface area contributed by atoms with Crippen molar-refractivity contribution < 1.29 is 4.79 Å². The third-order valence-electron chi connectivity index (χ3n) is 5.70. The zero-order chi connectivity index (χ0) is 23.8. The Kier molecular flexibility index (Phi) is 5.48. The van der Waals surface area contributed by atoms with E-state index in [-0.39, 0.29) is 5.91 Å². The number of nitrogens with zero attached hydrogens (tertiary/aromatic N) is 3. The van der Waals surface area contributed by atoms with Crippen LogP contribution in [-0.4, -0.2) is 20.7 Å². The van der Waals surface area contributed by atoms with Crippen LogP contribution in [0.25, 0.3) is 37.6 Å². The molecule has 0 atom stereocenters. The van der Waals surface area contributed by atoms with Crippen LogP contribution in [0.5, 0.6) is 0 Å². The lowest BCUT2D eigenvalue weighted by Crippen LogP contribution is -2.09. The first kappa shape index (κ1) is 21.5. The van der Waals surface area contributed by atoms with E-state index in [2.05, 4.69) is 22.5 Å². The average molecular weight is 493 g/mol. The number of anilines is 1. The number of aromatic nitrogens is 3. The van der Waals surface area contributed by atoms with Gasteiger partial charge in [0.25, 0.3) is 5.91 Å². The molecule has 170 valence electrons. The summed E-state index contributed by atoms with van der Waals surface area (Å²) in [6.07, 6.45) is 0. The summed E-state index contributed by atoms with van der Waals surface area (Å²) in [5.41, 5.74) is 4.82. The molecule has 3 aromatic heterocycles. The normalized spacial score (nSPS) is 11.1. The Hall–Kier alpha value is -4.07. The Morgan fingerprint density at radius 1 is 0.829 bits per heavy atom. The van der Waals surface area contributed by atoms with Crippen LogP contribution in [0, 0.1) is 6.92 Å². The Labute approximate surface area is 210 Å². The Bertz CT molecular complexity index is 1580. The number of benzene rings is 3. The van der Waals surface area contributed by atoms with Crippen LogP contribution in [0.15, 0.2) is 97.1 Å². The maximum absolute atomic E-state index is 13.3. The van der Waals surface area contributed by atoms with E-state index >= 15 is 0 Å². The van der Waals surface area contributed by atoms with E-state index in [9.17, 15) is 4.79 Å². The van der Waals surface area contributed by atoms with Gasteiger partial charge in [-0.25, -0.2) is 9.67 Å². The first-order chi connectivity index (χ1) is 17.2. The van der Waals surface area contributed by atoms with Gasteiger partial charge < -0.3 is 0 Å². The quantitative estimate of drug-likeness (QED) is 0.272. The number of hydrogen-bond acceptors (Lipinski definition) is 5. The van der Waals surface area contributed by atoms with Crippen molar-refractivity contribution in [2.75, 3.05) is 5.32 Å². The summed E-state index contributed by atoms with van der Waals surface area (Å²) in [5.74, 6) is -0.168. The van der Waals surface area contributed by atoms with E-state index in [0.717, 1.165) is 43.3 Å². The Balaban J connectivity index is 1.36. The number of para-hydroxylation sites is 1. The minimum Gasteiger partial charge on any atom is -0.297 e. The fourth-order valence-electron chi connectivity index (χ4n) is 4.01. The minimum absolute atomic E-state index is 0.168. The number of fused-ring (bicyclic) bond motifs is 1. The average Bonchev–Trinajstić information content (AvgIpc) is 3.61. The van der Waals surface area contributed by atoms with Gasteiger partial charge in [-0.1, -0.05) is 90.2 Å². The molecule has 1 amide bonds. The van der Waals surface area contributed by atoms with Gasteiger partial charge in [0.15, 0.2) is 5.13 Å². The predicted octanol–water partition coefficient (Wildman–Crippen LogP) is 7.44. The van der Waals surface area contributed by atoms with Gasteiger partial charge in [0.05, 0.1) is 26.8 Å². The van der Waals surface area contributed by atoms with Gasteiger partial charge in [-0.2, -0.15) is 5.10 Å². The second-order valence-electron chi connectivity index (χ2n) is 8.05. The van der Waals surface area contributed by atoms with Gasteiger partial charge in [0.1, 0.15) is 4.83 Å². The van der Waals surface area contributed by atoms with Crippen LogP contribution in [0.4, 0.5) is 5.13 Å². The number of thiophene rings is 1. The van der Waals surface area contributed by atoms with Crippen LogP contribution >= 0.6 is 22.7 Å². The molecular formula is C28H20N4OS2. The van der Waals surface area contributed by atoms with Crippen molar-refractivity contribution in [3.8, 4) is 27.4 Å². The highest BCUT2D eigenvalue weighted by atomic mass is 32.1. The van der Waals surface area contributed by atoms with Crippen molar-refractivity contribution in [1.82, 2.24) is 14.8 Å². The van der Waals surface area contributed by atoms with Crippen LogP contribution in [0.3, 0.4) is 0 Å². The molecule has 0 saturated heterocycles. The number of nitrogens with one attached hydrogen (secondary N) is 1. The molecule has 0 aliphatic carbocycles. The molecule has 0 radical (unpaired) electrons. The molecule has 35 heavy (non-hydrogen) atoms. The fourth-order valence-corrected chi connectivity index (χ4v) is 6.08. The fraction of sp³-hybridized carbons (Fsp3) is 0.0357. The summed E-state index contributed by atoms with van der Waals surface area (Å²) in [6.45, 7) is 1.97. The van der Waals surface area contributed by atoms with Crippen molar-refractivity contribution in [1.29, 1.82) is 0 Å². The zero-order valence-electron chi connectivity index (χ0n) is 18.8. The van der Waals surface area contributed by atoms with Crippen LogP contribution in [-0.2, 0) is 0 Å². The molecule has 0 saturated carbocycles. The predicted molar refractivity (Wildman–Crippen MR) is 145 cm³/mol. The molecule has 3 heterocycles. The van der Waals surface area contributed by atoms with E-state index in [1.807, 2.05) is 96.5 Å². The van der Waals surface area contributed by atoms with E-state index in [4.69, 9.17) is 4.98 Å². The molecule has 0 aliphatic rings. The summed E-state index contributed by atoms with van der Waals surface area (Å²) in [6, 6.07) is 32.1. The first-order valence-corrected chi connectivity index (χ1v) is 12.8. The molecule has 7 heteroatoms. The summed E-state index contributed by atoms with van der Waals surface area (Å²) in [5, 5.41) is 9.27. The van der Waals surface area contributed by atoms with E-state index in [1.54, 1.807) is 0 Å². The molecule has 0 aliphatic heterocycles. The number of thiazole rings is 1. The molecule has 6 rings (SSSR count). The van der Waals surface area contributed by atoms with Crippen molar-refractivity contribution in [2.24, 2.45) is 0 Å². The zero-order valence-corrected chi connectivity index (χ0v) is 20.4. The summed E-state index contributed by atoms with van der Waals surface area (Å²) >= 11 is 2.92. The largest absolute Gasteiger partial charge is 0.297 e. The Morgan fingerprint density at radius 3 is 2.14 bits per heavy atom. The van der Waals surface area contributed by atoms with Gasteiger partial charge >= 0.3 is 0 Å². The van der Waals surface area contributed by atoms with Gasteiger partial charge in [-0.05, 0) is 30.7 Å². The first-order valence-electron chi connectivity index (χ1n) is 11.1.